The summed E-state index contributed by atoms with van der Waals surface area (Å²) in [5, 5.41) is 4.10. The fourth-order valence-corrected chi connectivity index (χ4v) is 3.60. The van der Waals surface area contributed by atoms with Gasteiger partial charge in [-0.2, -0.15) is 0 Å². The maximum absolute atomic E-state index is 12.7. The first kappa shape index (κ1) is 20.8. The number of hydrogen-bond acceptors (Lipinski definition) is 3. The zero-order chi connectivity index (χ0) is 22.2. The maximum Gasteiger partial charge on any atom is 0.256 e. The molecule has 2 aromatic carbocycles. The number of pyridine rings is 2. The first-order chi connectivity index (χ1) is 14.7. The lowest BCUT2D eigenvalue weighted by atomic mass is 9.87. The molecule has 0 saturated carbocycles. The second kappa shape index (κ2) is 8.00. The molecule has 0 aliphatic heterocycles. The van der Waals surface area contributed by atoms with Crippen LogP contribution in [0, 0.1) is 0 Å². The van der Waals surface area contributed by atoms with Crippen molar-refractivity contribution in [1.82, 2.24) is 9.97 Å². The number of halogens is 1. The van der Waals surface area contributed by atoms with Crippen LogP contribution < -0.4 is 10.9 Å². The number of aromatic amines is 1. The zero-order valence-electron chi connectivity index (χ0n) is 17.5. The van der Waals surface area contributed by atoms with Gasteiger partial charge in [0.15, 0.2) is 0 Å². The van der Waals surface area contributed by atoms with Gasteiger partial charge in [-0.05, 0) is 53.4 Å². The van der Waals surface area contributed by atoms with E-state index in [9.17, 15) is 9.59 Å². The number of benzene rings is 2. The second-order valence-electron chi connectivity index (χ2n) is 8.45. The number of fused-ring (bicyclic) bond motifs is 1. The first-order valence-corrected chi connectivity index (χ1v) is 10.3. The average Bonchev–Trinajstić information content (AvgIpc) is 2.74. The van der Waals surface area contributed by atoms with Crippen LogP contribution in [0.25, 0.3) is 22.0 Å². The van der Waals surface area contributed by atoms with Gasteiger partial charge in [0, 0.05) is 45.2 Å². The summed E-state index contributed by atoms with van der Waals surface area (Å²) < 4.78 is 0. The molecule has 6 heteroatoms. The number of rotatable bonds is 3. The lowest BCUT2D eigenvalue weighted by molar-refractivity contribution is 0.102. The van der Waals surface area contributed by atoms with Gasteiger partial charge in [0.05, 0.1) is 5.52 Å². The number of carbonyl (C=O) groups is 1. The molecular weight excluding hydrogens is 410 g/mol. The molecule has 2 N–H and O–H groups in total. The molecule has 0 saturated heterocycles. The van der Waals surface area contributed by atoms with Gasteiger partial charge in [0.25, 0.3) is 11.5 Å². The molecule has 0 aliphatic rings. The van der Waals surface area contributed by atoms with Gasteiger partial charge >= 0.3 is 0 Å². The van der Waals surface area contributed by atoms with Crippen molar-refractivity contribution in [3.8, 4) is 11.1 Å². The molecule has 0 radical (unpaired) electrons. The molecule has 31 heavy (non-hydrogen) atoms. The van der Waals surface area contributed by atoms with Crippen LogP contribution in [0.4, 0.5) is 5.69 Å². The van der Waals surface area contributed by atoms with Crippen molar-refractivity contribution in [2.24, 2.45) is 0 Å². The van der Waals surface area contributed by atoms with Crippen molar-refractivity contribution in [2.45, 2.75) is 26.2 Å². The van der Waals surface area contributed by atoms with Gasteiger partial charge in [-0.3, -0.25) is 14.6 Å². The Hall–Kier alpha value is -3.44. The molecule has 5 nitrogen and oxygen atoms in total. The fraction of sp³-hybridized carbons (Fsp3) is 0.160. The SMILES string of the molecule is CC(C)(C)c1ccc(C(=O)Nc2ccc(Cl)c(-c3cc4cnccc4[nH]c3=O)c2)cc1. The Bertz CT molecular complexity index is 1340. The van der Waals surface area contributed by atoms with Gasteiger partial charge in [-0.15, -0.1) is 0 Å². The van der Waals surface area contributed by atoms with Crippen molar-refractivity contribution < 1.29 is 4.79 Å². The first-order valence-electron chi connectivity index (χ1n) is 9.91. The molecule has 0 spiro atoms. The normalized spacial score (nSPS) is 11.5. The fourth-order valence-electron chi connectivity index (χ4n) is 3.38. The highest BCUT2D eigenvalue weighted by atomic mass is 35.5. The predicted molar refractivity (Wildman–Crippen MR) is 126 cm³/mol. The average molecular weight is 432 g/mol. The Morgan fingerprint density at radius 1 is 1.00 bits per heavy atom. The van der Waals surface area contributed by atoms with E-state index in [1.807, 2.05) is 24.3 Å². The third-order valence-corrected chi connectivity index (χ3v) is 5.50. The second-order valence-corrected chi connectivity index (χ2v) is 8.86. The molecule has 1 amide bonds. The van der Waals surface area contributed by atoms with Crippen LogP contribution >= 0.6 is 11.6 Å². The van der Waals surface area contributed by atoms with Crippen molar-refractivity contribution >= 4 is 34.1 Å². The van der Waals surface area contributed by atoms with Gasteiger partial charge in [-0.25, -0.2) is 0 Å². The maximum atomic E-state index is 12.7. The van der Waals surface area contributed by atoms with Crippen LogP contribution in [0.15, 0.2) is 71.8 Å². The molecule has 0 aliphatic carbocycles. The molecular formula is C25H22ClN3O2. The highest BCUT2D eigenvalue weighted by Crippen LogP contribution is 2.30. The molecule has 0 atom stereocenters. The van der Waals surface area contributed by atoms with E-state index in [1.54, 1.807) is 42.7 Å². The summed E-state index contributed by atoms with van der Waals surface area (Å²) in [6, 6.07) is 16.1. The van der Waals surface area contributed by atoms with Gasteiger partial charge in [-0.1, -0.05) is 44.5 Å². The Morgan fingerprint density at radius 3 is 2.45 bits per heavy atom. The molecule has 4 aromatic rings. The molecule has 0 unspecified atom stereocenters. The van der Waals surface area contributed by atoms with Gasteiger partial charge in [0.2, 0.25) is 0 Å². The van der Waals surface area contributed by atoms with Crippen molar-refractivity contribution in [3.63, 3.8) is 0 Å². The van der Waals surface area contributed by atoms with Gasteiger partial charge < -0.3 is 10.3 Å². The Balaban J connectivity index is 1.65. The summed E-state index contributed by atoms with van der Waals surface area (Å²) >= 11 is 6.39. The zero-order valence-corrected chi connectivity index (χ0v) is 18.2. The number of carbonyl (C=O) groups excluding carboxylic acids is 1. The summed E-state index contributed by atoms with van der Waals surface area (Å²) in [5.41, 5.74) is 3.66. The van der Waals surface area contributed by atoms with E-state index in [2.05, 4.69) is 36.1 Å². The quantitative estimate of drug-likeness (QED) is 0.431. The van der Waals surface area contributed by atoms with E-state index in [0.717, 1.165) is 10.9 Å². The van der Waals surface area contributed by atoms with E-state index in [4.69, 9.17) is 11.6 Å². The highest BCUT2D eigenvalue weighted by molar-refractivity contribution is 6.33. The number of anilines is 1. The van der Waals surface area contributed by atoms with Crippen LogP contribution in [0.3, 0.4) is 0 Å². The third-order valence-electron chi connectivity index (χ3n) is 5.17. The minimum absolute atomic E-state index is 0.0164. The topological polar surface area (TPSA) is 74.8 Å². The number of nitrogens with zero attached hydrogens (tertiary/aromatic N) is 1. The minimum atomic E-state index is -0.262. The number of nitrogens with one attached hydrogen (secondary N) is 2. The van der Waals surface area contributed by atoms with E-state index < -0.39 is 0 Å². The lowest BCUT2D eigenvalue weighted by Crippen LogP contribution is -2.14. The Morgan fingerprint density at radius 2 is 1.74 bits per heavy atom. The molecule has 2 aromatic heterocycles. The molecule has 4 rings (SSSR count). The number of H-pyrrole nitrogens is 1. The van der Waals surface area contributed by atoms with Crippen LogP contribution in [-0.2, 0) is 5.41 Å². The van der Waals surface area contributed by atoms with Crippen LogP contribution in [0.2, 0.25) is 5.02 Å². The van der Waals surface area contributed by atoms with E-state index in [0.29, 0.717) is 32.9 Å². The summed E-state index contributed by atoms with van der Waals surface area (Å²) in [4.78, 5) is 32.3. The summed E-state index contributed by atoms with van der Waals surface area (Å²) in [6.07, 6.45) is 3.30. The molecule has 156 valence electrons. The standard InChI is InChI=1S/C25H22ClN3O2/c1-25(2,3)17-6-4-15(5-7-17)23(30)28-18-8-9-21(26)19(13-18)20-12-16-14-27-11-10-22(16)29-24(20)31/h4-14H,1-3H3,(H,28,30)(H,29,31). The van der Waals surface area contributed by atoms with Crippen LogP contribution in [0.5, 0.6) is 0 Å². The smallest absolute Gasteiger partial charge is 0.256 e. The molecule has 2 heterocycles. The van der Waals surface area contributed by atoms with E-state index in [-0.39, 0.29) is 16.9 Å². The third kappa shape index (κ3) is 4.37. The minimum Gasteiger partial charge on any atom is -0.322 e. The highest BCUT2D eigenvalue weighted by Gasteiger charge is 2.15. The Labute approximate surface area is 185 Å². The van der Waals surface area contributed by atoms with Crippen molar-refractivity contribution in [2.75, 3.05) is 5.32 Å². The largest absolute Gasteiger partial charge is 0.322 e. The summed E-state index contributed by atoms with van der Waals surface area (Å²) in [5.74, 6) is -0.231. The Kier molecular flexibility index (Phi) is 5.38. The van der Waals surface area contributed by atoms with Crippen molar-refractivity contribution in [1.29, 1.82) is 0 Å². The number of aromatic nitrogens is 2. The summed E-state index contributed by atoms with van der Waals surface area (Å²) in [7, 11) is 0. The van der Waals surface area contributed by atoms with Gasteiger partial charge in [0.1, 0.15) is 0 Å². The summed E-state index contributed by atoms with van der Waals surface area (Å²) in [6.45, 7) is 6.38. The lowest BCUT2D eigenvalue weighted by Gasteiger charge is -2.19. The van der Waals surface area contributed by atoms with Crippen LogP contribution in [0.1, 0.15) is 36.7 Å². The number of amides is 1. The van der Waals surface area contributed by atoms with E-state index in [1.165, 1.54) is 0 Å². The number of hydrogen-bond donors (Lipinski definition) is 2. The molecule has 0 bridgehead atoms. The van der Waals surface area contributed by atoms with E-state index >= 15 is 0 Å². The van der Waals surface area contributed by atoms with Crippen molar-refractivity contribution in [3.05, 3.63) is 93.5 Å². The predicted octanol–water partition coefficient (Wildman–Crippen LogP) is 5.79. The monoisotopic (exact) mass is 431 g/mol. The van der Waals surface area contributed by atoms with Crippen LogP contribution in [-0.4, -0.2) is 15.9 Å². The molecule has 0 fully saturated rings.